The second kappa shape index (κ2) is 13.5. The van der Waals surface area contributed by atoms with E-state index in [1.165, 1.54) is 20.3 Å². The molecule has 3 aromatic carbocycles. The van der Waals surface area contributed by atoms with Gasteiger partial charge in [0.1, 0.15) is 28.7 Å². The van der Waals surface area contributed by atoms with Crippen LogP contribution in [0.25, 0.3) is 0 Å². The van der Waals surface area contributed by atoms with Crippen molar-refractivity contribution < 1.29 is 42.4 Å². The van der Waals surface area contributed by atoms with Crippen molar-refractivity contribution in [3.05, 3.63) is 77.1 Å². The van der Waals surface area contributed by atoms with Crippen LogP contribution in [-0.2, 0) is 11.3 Å². The van der Waals surface area contributed by atoms with E-state index in [4.69, 9.17) is 28.4 Å². The summed E-state index contributed by atoms with van der Waals surface area (Å²) >= 11 is 0. The smallest absolute Gasteiger partial charge is 0.410 e. The van der Waals surface area contributed by atoms with Crippen LogP contribution >= 0.6 is 0 Å². The maximum Gasteiger partial charge on any atom is 0.410 e. The highest BCUT2D eigenvalue weighted by Gasteiger charge is 2.35. The normalized spacial score (nSPS) is 17.4. The van der Waals surface area contributed by atoms with E-state index in [2.05, 4.69) is 5.32 Å². The highest BCUT2D eigenvalue weighted by Crippen LogP contribution is 2.38. The molecule has 1 saturated heterocycles. The van der Waals surface area contributed by atoms with Crippen molar-refractivity contribution in [3.63, 3.8) is 0 Å². The minimum absolute atomic E-state index is 0.0774. The van der Waals surface area contributed by atoms with Crippen molar-refractivity contribution in [2.75, 3.05) is 40.7 Å². The number of nitrogens with zero attached hydrogens (tertiary/aromatic N) is 1. The third kappa shape index (κ3) is 7.53. The Morgan fingerprint density at radius 2 is 1.73 bits per heavy atom. The van der Waals surface area contributed by atoms with E-state index in [0.717, 1.165) is 5.56 Å². The van der Waals surface area contributed by atoms with Gasteiger partial charge in [-0.2, -0.15) is 0 Å². The van der Waals surface area contributed by atoms with Crippen LogP contribution in [0.15, 0.2) is 54.6 Å². The Morgan fingerprint density at radius 1 is 1.00 bits per heavy atom. The lowest BCUT2D eigenvalue weighted by atomic mass is 9.80. The molecular formula is C34H39FN2O8. The molecule has 0 spiro atoms. The number of nitrogens with one attached hydrogen (secondary N) is 1. The summed E-state index contributed by atoms with van der Waals surface area (Å²) in [6, 6.07) is 15.3. The molecule has 0 saturated carbocycles. The first-order valence-corrected chi connectivity index (χ1v) is 14.8. The van der Waals surface area contributed by atoms with Crippen LogP contribution in [0.5, 0.6) is 28.7 Å². The summed E-state index contributed by atoms with van der Waals surface area (Å²) in [5.41, 5.74) is 0.702. The minimum Gasteiger partial charge on any atom is -0.496 e. The molecule has 3 aromatic rings. The molecule has 11 heteroatoms. The van der Waals surface area contributed by atoms with Crippen molar-refractivity contribution >= 4 is 12.0 Å². The predicted octanol–water partition coefficient (Wildman–Crippen LogP) is 5.92. The molecule has 240 valence electrons. The summed E-state index contributed by atoms with van der Waals surface area (Å²) in [7, 11) is 3.06. The Hall–Kier alpha value is -4.67. The van der Waals surface area contributed by atoms with Gasteiger partial charge in [-0.1, -0.05) is 12.1 Å². The second-order valence-electron chi connectivity index (χ2n) is 12.0. The van der Waals surface area contributed by atoms with Gasteiger partial charge in [0.15, 0.2) is 11.5 Å². The number of halogens is 1. The lowest BCUT2D eigenvalue weighted by Gasteiger charge is -2.39. The molecule has 2 atom stereocenters. The van der Waals surface area contributed by atoms with Gasteiger partial charge in [-0.3, -0.25) is 4.79 Å². The van der Waals surface area contributed by atoms with Crippen molar-refractivity contribution in [2.24, 2.45) is 5.92 Å². The first kappa shape index (κ1) is 31.7. The highest BCUT2D eigenvalue weighted by molar-refractivity contribution is 5.94. The molecule has 1 fully saturated rings. The molecule has 2 amide bonds. The van der Waals surface area contributed by atoms with Crippen LogP contribution < -0.4 is 29.0 Å². The Morgan fingerprint density at radius 3 is 2.44 bits per heavy atom. The minimum atomic E-state index is -0.639. The van der Waals surface area contributed by atoms with Gasteiger partial charge < -0.3 is 38.6 Å². The molecule has 1 N–H and O–H groups in total. The van der Waals surface area contributed by atoms with Gasteiger partial charge in [0.05, 0.1) is 38.5 Å². The molecule has 10 nitrogen and oxygen atoms in total. The number of hydrogen-bond acceptors (Lipinski definition) is 8. The Balaban J connectivity index is 1.35. The number of carbonyl (C=O) groups excluding carboxylic acids is 2. The number of hydrogen-bond donors (Lipinski definition) is 1. The largest absolute Gasteiger partial charge is 0.496 e. The average molecular weight is 623 g/mol. The third-order valence-electron chi connectivity index (χ3n) is 7.81. The number of fused-ring (bicyclic) bond motifs is 1. The van der Waals surface area contributed by atoms with Crippen molar-refractivity contribution in [2.45, 2.75) is 45.3 Å². The monoisotopic (exact) mass is 622 g/mol. The summed E-state index contributed by atoms with van der Waals surface area (Å²) < 4.78 is 48.6. The zero-order chi connectivity index (χ0) is 32.1. The van der Waals surface area contributed by atoms with Crippen molar-refractivity contribution in [3.8, 4) is 28.7 Å². The number of carbonyl (C=O) groups is 2. The zero-order valence-corrected chi connectivity index (χ0v) is 26.2. The van der Waals surface area contributed by atoms with E-state index in [1.807, 2.05) is 20.8 Å². The molecule has 0 bridgehead atoms. The average Bonchev–Trinajstić information content (AvgIpc) is 3.50. The van der Waals surface area contributed by atoms with E-state index in [0.29, 0.717) is 53.8 Å². The molecule has 2 aliphatic heterocycles. The van der Waals surface area contributed by atoms with Crippen LogP contribution in [0.2, 0.25) is 0 Å². The molecule has 0 aliphatic carbocycles. The van der Waals surface area contributed by atoms with Crippen LogP contribution in [0.4, 0.5) is 9.18 Å². The molecule has 0 radical (unpaired) electrons. The number of ether oxygens (including phenoxy) is 6. The number of likely N-dealkylation sites (tertiary alicyclic amines) is 1. The fourth-order valence-electron chi connectivity index (χ4n) is 5.62. The number of amides is 2. The van der Waals surface area contributed by atoms with Crippen molar-refractivity contribution in [1.82, 2.24) is 10.2 Å². The Bertz CT molecular complexity index is 1520. The van der Waals surface area contributed by atoms with E-state index < -0.39 is 23.4 Å². The van der Waals surface area contributed by atoms with Crippen LogP contribution in [-0.4, -0.2) is 63.2 Å². The topological polar surface area (TPSA) is 105 Å². The Kier molecular flexibility index (Phi) is 9.55. The van der Waals surface area contributed by atoms with Crippen LogP contribution in [0.3, 0.4) is 0 Å². The molecule has 0 aromatic heterocycles. The number of rotatable bonds is 9. The quantitative estimate of drug-likeness (QED) is 0.314. The second-order valence-corrected chi connectivity index (χ2v) is 12.0. The summed E-state index contributed by atoms with van der Waals surface area (Å²) in [5, 5.41) is 2.80. The predicted molar refractivity (Wildman–Crippen MR) is 164 cm³/mol. The molecule has 45 heavy (non-hydrogen) atoms. The number of methoxy groups -OCH3 is 2. The van der Waals surface area contributed by atoms with Gasteiger partial charge in [-0.15, -0.1) is 0 Å². The van der Waals surface area contributed by atoms with Gasteiger partial charge >= 0.3 is 6.09 Å². The summed E-state index contributed by atoms with van der Waals surface area (Å²) in [4.78, 5) is 27.9. The van der Waals surface area contributed by atoms with Crippen LogP contribution in [0, 0.1) is 11.7 Å². The summed E-state index contributed by atoms with van der Waals surface area (Å²) in [6.45, 7) is 6.77. The highest BCUT2D eigenvalue weighted by atomic mass is 19.1. The molecular weight excluding hydrogens is 583 g/mol. The maximum atomic E-state index is 15.1. The summed E-state index contributed by atoms with van der Waals surface area (Å²) in [6.07, 6.45) is 0.166. The zero-order valence-electron chi connectivity index (χ0n) is 26.2. The van der Waals surface area contributed by atoms with Gasteiger partial charge in [0.25, 0.3) is 5.91 Å². The van der Waals surface area contributed by atoms with Crippen molar-refractivity contribution in [1.29, 1.82) is 0 Å². The molecule has 2 aliphatic rings. The van der Waals surface area contributed by atoms with E-state index in [9.17, 15) is 9.59 Å². The lowest BCUT2D eigenvalue weighted by Crippen LogP contribution is -2.46. The lowest BCUT2D eigenvalue weighted by molar-refractivity contribution is 0.0111. The third-order valence-corrected chi connectivity index (χ3v) is 7.81. The van der Waals surface area contributed by atoms with Gasteiger partial charge in [-0.05, 0) is 75.1 Å². The van der Waals surface area contributed by atoms with E-state index >= 15 is 4.39 Å². The Labute approximate surface area is 262 Å². The first-order chi connectivity index (χ1) is 21.6. The molecule has 5 rings (SSSR count). The van der Waals surface area contributed by atoms with Crippen LogP contribution in [0.1, 0.15) is 54.6 Å². The van der Waals surface area contributed by atoms with Gasteiger partial charge in [0, 0.05) is 25.1 Å². The van der Waals surface area contributed by atoms with Gasteiger partial charge in [0.2, 0.25) is 6.79 Å². The summed E-state index contributed by atoms with van der Waals surface area (Å²) in [5.74, 6) is 1.42. The van der Waals surface area contributed by atoms with E-state index in [-0.39, 0.29) is 37.3 Å². The standard InChI is InChI=1S/C34H39FN2O8/c1-34(2,3)45-33(39)37-14-13-24(22(18-37)19-42-23-10-12-30-31(16-23)44-20-43-30)21-9-11-27(35)25(15-21)32(38)36-17-26-28(40-4)7-6-8-29(26)41-5/h6-12,15-16,22,24H,13-14,17-20H2,1-5H3,(H,36,38)/t22-,24+/m1/s1. The molecule has 2 heterocycles. The fraction of sp³-hybridized carbons (Fsp3) is 0.412. The first-order valence-electron chi connectivity index (χ1n) is 14.8. The maximum absolute atomic E-state index is 15.1. The SMILES string of the molecule is COc1cccc(OC)c1CNC(=O)c1cc([C@@H]2CCN(C(=O)OC(C)(C)C)C[C@@H]2COc2ccc3c(c2)OCO3)ccc1F. The van der Waals surface area contributed by atoms with E-state index in [1.54, 1.807) is 53.4 Å². The van der Waals surface area contributed by atoms with Gasteiger partial charge in [-0.25, -0.2) is 9.18 Å². The molecule has 0 unspecified atom stereocenters. The number of benzene rings is 3. The number of piperidine rings is 1. The fourth-order valence-corrected chi connectivity index (χ4v) is 5.62.